The molecule has 1 aliphatic rings. The van der Waals surface area contributed by atoms with Gasteiger partial charge in [0.25, 0.3) is 0 Å². The highest BCUT2D eigenvalue weighted by Gasteiger charge is 2.36. The summed E-state index contributed by atoms with van der Waals surface area (Å²) >= 11 is 0. The monoisotopic (exact) mass is 817 g/mol. The van der Waals surface area contributed by atoms with Crippen LogP contribution in [0, 0.1) is 0 Å². The molecular formula is C53H39NO8. The standard InChI is InChI=1S/C53H39NO8/c55-46-42(33-18-6-1-2-7-19-33)47(56)51(60)44(50(46)59)54(45-52(61)48(57)43(49(58)53(45)62)34-20-12-5-13-21-34)41-25-24-35-26-36(22-23-37(35)30-41)40-28-38(31-14-8-3-9-15-31)27-39(29-40)32-16-10-4-11-17-32/h1-18,20-30,55-62H,19H2. The summed E-state index contributed by atoms with van der Waals surface area (Å²) in [6.45, 7) is 0. The van der Waals surface area contributed by atoms with Gasteiger partial charge in [-0.2, -0.15) is 0 Å². The predicted octanol–water partition coefficient (Wildman–Crippen LogP) is 12.5. The van der Waals surface area contributed by atoms with Crippen molar-refractivity contribution in [3.05, 3.63) is 182 Å². The maximum atomic E-state index is 11.8. The highest BCUT2D eigenvalue weighted by atomic mass is 16.3. The zero-order chi connectivity index (χ0) is 43.1. The summed E-state index contributed by atoms with van der Waals surface area (Å²) in [5.41, 5.74) is 4.95. The molecule has 9 nitrogen and oxygen atoms in total. The summed E-state index contributed by atoms with van der Waals surface area (Å²) in [6, 6.07) is 45.6. The fourth-order valence-corrected chi connectivity index (χ4v) is 8.05. The minimum absolute atomic E-state index is 0.0799. The first kappa shape index (κ1) is 38.9. The Kier molecular flexibility index (Phi) is 9.98. The lowest BCUT2D eigenvalue weighted by molar-refractivity contribution is 0.369. The largest absolute Gasteiger partial charge is 0.504 e. The van der Waals surface area contributed by atoms with Gasteiger partial charge in [0.05, 0.1) is 11.1 Å². The fraction of sp³-hybridized carbons (Fsp3) is 0.0189. The van der Waals surface area contributed by atoms with E-state index in [1.807, 2.05) is 54.6 Å². The van der Waals surface area contributed by atoms with Crippen molar-refractivity contribution in [2.24, 2.45) is 0 Å². The molecule has 304 valence electrons. The predicted molar refractivity (Wildman–Crippen MR) is 245 cm³/mol. The van der Waals surface area contributed by atoms with Crippen LogP contribution in [0.5, 0.6) is 46.0 Å². The number of phenolic OH excluding ortho intramolecular Hbond substituents is 8. The first-order valence-corrected chi connectivity index (χ1v) is 19.8. The number of hydrogen-bond donors (Lipinski definition) is 8. The molecular weight excluding hydrogens is 779 g/mol. The van der Waals surface area contributed by atoms with Crippen LogP contribution in [0.2, 0.25) is 0 Å². The Morgan fingerprint density at radius 2 is 0.790 bits per heavy atom. The van der Waals surface area contributed by atoms with Crippen LogP contribution in [0.1, 0.15) is 12.0 Å². The van der Waals surface area contributed by atoms with E-state index >= 15 is 0 Å². The van der Waals surface area contributed by atoms with Crippen molar-refractivity contribution in [3.63, 3.8) is 0 Å². The van der Waals surface area contributed by atoms with Gasteiger partial charge in [0.2, 0.25) is 0 Å². The Morgan fingerprint density at radius 3 is 1.32 bits per heavy atom. The van der Waals surface area contributed by atoms with E-state index < -0.39 is 57.4 Å². The van der Waals surface area contributed by atoms with Crippen LogP contribution < -0.4 is 4.90 Å². The smallest absolute Gasteiger partial charge is 0.186 e. The van der Waals surface area contributed by atoms with Crippen LogP contribution in [0.25, 0.3) is 60.9 Å². The summed E-state index contributed by atoms with van der Waals surface area (Å²) in [5.74, 6) is -6.99. The van der Waals surface area contributed by atoms with Crippen molar-refractivity contribution >= 4 is 33.4 Å². The summed E-state index contributed by atoms with van der Waals surface area (Å²) in [6.07, 6.45) is 8.79. The highest BCUT2D eigenvalue weighted by Crippen LogP contribution is 2.63. The Labute approximate surface area is 356 Å². The number of allylic oxidation sites excluding steroid dienone is 6. The topological polar surface area (TPSA) is 165 Å². The van der Waals surface area contributed by atoms with Gasteiger partial charge in [-0.3, -0.25) is 4.90 Å². The fourth-order valence-electron chi connectivity index (χ4n) is 8.05. The van der Waals surface area contributed by atoms with Gasteiger partial charge in [-0.15, -0.1) is 0 Å². The maximum Gasteiger partial charge on any atom is 0.186 e. The summed E-state index contributed by atoms with van der Waals surface area (Å²) < 4.78 is 0. The third kappa shape index (κ3) is 6.83. The molecule has 0 saturated carbocycles. The maximum absolute atomic E-state index is 11.8. The molecule has 0 spiro atoms. The number of nitrogens with zero attached hydrogens (tertiary/aromatic N) is 1. The van der Waals surface area contributed by atoms with Gasteiger partial charge in [0.15, 0.2) is 46.0 Å². The molecule has 0 saturated heterocycles. The van der Waals surface area contributed by atoms with Gasteiger partial charge >= 0.3 is 0 Å². The molecule has 0 heterocycles. The first-order valence-electron chi connectivity index (χ1n) is 19.8. The van der Waals surface area contributed by atoms with Crippen LogP contribution in [-0.4, -0.2) is 40.9 Å². The number of rotatable bonds is 8. The molecule has 8 aromatic rings. The van der Waals surface area contributed by atoms with E-state index in [2.05, 4.69) is 42.5 Å². The van der Waals surface area contributed by atoms with Gasteiger partial charge in [-0.1, -0.05) is 140 Å². The van der Waals surface area contributed by atoms with E-state index in [1.165, 1.54) is 0 Å². The zero-order valence-electron chi connectivity index (χ0n) is 33.0. The van der Waals surface area contributed by atoms with Crippen molar-refractivity contribution in [1.82, 2.24) is 0 Å². The van der Waals surface area contributed by atoms with Gasteiger partial charge in [0.1, 0.15) is 11.4 Å². The van der Waals surface area contributed by atoms with E-state index in [0.717, 1.165) is 43.7 Å². The van der Waals surface area contributed by atoms with Crippen molar-refractivity contribution in [2.45, 2.75) is 6.42 Å². The van der Waals surface area contributed by atoms with Gasteiger partial charge in [0, 0.05) is 5.69 Å². The second-order valence-electron chi connectivity index (χ2n) is 14.9. The summed E-state index contributed by atoms with van der Waals surface area (Å²) in [4.78, 5) is 0.955. The molecule has 9 rings (SSSR count). The lowest BCUT2D eigenvalue weighted by atomic mass is 9.92. The number of phenols is 8. The van der Waals surface area contributed by atoms with Gasteiger partial charge < -0.3 is 40.9 Å². The van der Waals surface area contributed by atoms with Crippen LogP contribution >= 0.6 is 0 Å². The van der Waals surface area contributed by atoms with Crippen molar-refractivity contribution in [1.29, 1.82) is 0 Å². The lowest BCUT2D eigenvalue weighted by Gasteiger charge is -2.30. The second kappa shape index (κ2) is 15.9. The Hall–Kier alpha value is -8.56. The van der Waals surface area contributed by atoms with Crippen molar-refractivity contribution in [3.8, 4) is 90.5 Å². The SMILES string of the molecule is Oc1c(O)c(N(c2ccc3cc(-c4cc(-c5ccccc5)cc(-c5ccccc5)c4)ccc3c2)c2c(O)c(O)c(-c3ccccc3)c(O)c2O)c(O)c(O)c1C1=CC=CC=CC1. The molecule has 0 unspecified atom stereocenters. The van der Waals surface area contributed by atoms with E-state index in [-0.39, 0.29) is 28.8 Å². The first-order chi connectivity index (χ1) is 30.1. The molecule has 0 aliphatic heterocycles. The molecule has 1 aliphatic carbocycles. The lowest BCUT2D eigenvalue weighted by Crippen LogP contribution is -2.12. The minimum atomic E-state index is -0.939. The minimum Gasteiger partial charge on any atom is -0.504 e. The Balaban J connectivity index is 1.23. The molecule has 0 radical (unpaired) electrons. The molecule has 62 heavy (non-hydrogen) atoms. The second-order valence-corrected chi connectivity index (χ2v) is 14.9. The molecule has 0 aromatic heterocycles. The highest BCUT2D eigenvalue weighted by molar-refractivity contribution is 6.01. The molecule has 8 N–H and O–H groups in total. The third-order valence-corrected chi connectivity index (χ3v) is 11.1. The van der Waals surface area contributed by atoms with E-state index in [1.54, 1.807) is 78.9 Å². The Morgan fingerprint density at radius 1 is 0.339 bits per heavy atom. The average Bonchev–Trinajstić information content (AvgIpc) is 3.60. The Bertz CT molecular complexity index is 3010. The number of fused-ring (bicyclic) bond motifs is 1. The van der Waals surface area contributed by atoms with Crippen LogP contribution in [0.4, 0.5) is 17.1 Å². The van der Waals surface area contributed by atoms with Gasteiger partial charge in [-0.25, -0.2) is 0 Å². The van der Waals surface area contributed by atoms with Crippen LogP contribution in [-0.2, 0) is 0 Å². The molecule has 0 atom stereocenters. The summed E-state index contributed by atoms with van der Waals surface area (Å²) in [7, 11) is 0. The molecule has 8 aromatic carbocycles. The molecule has 0 amide bonds. The summed E-state index contributed by atoms with van der Waals surface area (Å²) in [5, 5.41) is 94.6. The zero-order valence-corrected chi connectivity index (χ0v) is 33.0. The molecule has 0 fully saturated rings. The van der Waals surface area contributed by atoms with Crippen molar-refractivity contribution < 1.29 is 40.9 Å². The molecule has 0 bridgehead atoms. The van der Waals surface area contributed by atoms with Crippen LogP contribution in [0.3, 0.4) is 0 Å². The van der Waals surface area contributed by atoms with E-state index in [4.69, 9.17) is 0 Å². The number of hydrogen-bond acceptors (Lipinski definition) is 9. The third-order valence-electron chi connectivity index (χ3n) is 11.1. The number of benzene rings is 8. The molecule has 9 heteroatoms. The van der Waals surface area contributed by atoms with Crippen LogP contribution in [0.15, 0.2) is 176 Å². The van der Waals surface area contributed by atoms with E-state index in [0.29, 0.717) is 11.0 Å². The van der Waals surface area contributed by atoms with Gasteiger partial charge in [-0.05, 0) is 98.1 Å². The van der Waals surface area contributed by atoms with Crippen molar-refractivity contribution in [2.75, 3.05) is 4.90 Å². The number of aromatic hydroxyl groups is 8. The quantitative estimate of drug-likeness (QED) is 0.0550. The normalized spacial score (nSPS) is 12.3. The average molecular weight is 818 g/mol. The van der Waals surface area contributed by atoms with E-state index in [9.17, 15) is 40.9 Å². The number of anilines is 3.